The summed E-state index contributed by atoms with van der Waals surface area (Å²) in [7, 11) is 0. The summed E-state index contributed by atoms with van der Waals surface area (Å²) in [6, 6.07) is 14.4. The van der Waals surface area contributed by atoms with Crippen LogP contribution in [0.3, 0.4) is 0 Å². The van der Waals surface area contributed by atoms with E-state index in [1.165, 1.54) is 5.69 Å². The highest BCUT2D eigenvalue weighted by atomic mass is 16.4. The summed E-state index contributed by atoms with van der Waals surface area (Å²) < 4.78 is 2.18. The minimum atomic E-state index is -0.667. The number of aliphatic carboxylic acids is 1. The number of nitrogens with zero attached hydrogens (tertiary/aromatic N) is 3. The lowest BCUT2D eigenvalue weighted by atomic mass is 9.97. The van der Waals surface area contributed by atoms with Gasteiger partial charge in [0.1, 0.15) is 5.65 Å². The first-order valence-electron chi connectivity index (χ1n) is 9.10. The number of pyridine rings is 1. The van der Waals surface area contributed by atoms with Gasteiger partial charge in [-0.25, -0.2) is 4.98 Å². The number of carbonyl (C=O) groups is 1. The Balaban J connectivity index is 1.69. The molecule has 0 aliphatic carbocycles. The smallest absolute Gasteiger partial charge is 0.306 e. The van der Waals surface area contributed by atoms with Gasteiger partial charge in [-0.1, -0.05) is 36.4 Å². The Bertz CT molecular complexity index is 925. The first-order chi connectivity index (χ1) is 12.6. The molecule has 3 heterocycles. The van der Waals surface area contributed by atoms with Gasteiger partial charge in [0.05, 0.1) is 17.3 Å². The first kappa shape index (κ1) is 16.8. The number of likely N-dealkylation sites (tertiary alicyclic amines) is 1. The number of fused-ring (bicyclic) bond motifs is 1. The molecule has 0 bridgehead atoms. The molecule has 0 unspecified atom stereocenters. The summed E-state index contributed by atoms with van der Waals surface area (Å²) >= 11 is 0. The molecule has 3 aromatic rings. The van der Waals surface area contributed by atoms with Gasteiger partial charge in [0, 0.05) is 18.3 Å². The molecule has 0 radical (unpaired) electrons. The lowest BCUT2D eigenvalue weighted by Crippen LogP contribution is -2.36. The van der Waals surface area contributed by atoms with Gasteiger partial charge >= 0.3 is 5.97 Å². The van der Waals surface area contributed by atoms with Crippen molar-refractivity contribution in [1.82, 2.24) is 14.3 Å². The summed E-state index contributed by atoms with van der Waals surface area (Å²) in [6.07, 6.45) is 3.50. The van der Waals surface area contributed by atoms with Crippen molar-refractivity contribution in [2.45, 2.75) is 26.3 Å². The van der Waals surface area contributed by atoms with E-state index < -0.39 is 5.97 Å². The fourth-order valence-electron chi connectivity index (χ4n) is 3.78. The van der Waals surface area contributed by atoms with Crippen molar-refractivity contribution in [2.24, 2.45) is 5.92 Å². The van der Waals surface area contributed by atoms with Crippen molar-refractivity contribution in [2.75, 3.05) is 13.1 Å². The SMILES string of the molecule is Cc1cccn2c(CN3CCC(C(=O)O)CC3)c(-c3ccccc3)nc12. The topological polar surface area (TPSA) is 57.8 Å². The van der Waals surface area contributed by atoms with Gasteiger partial charge in [-0.2, -0.15) is 0 Å². The number of hydrogen-bond donors (Lipinski definition) is 1. The van der Waals surface area contributed by atoms with Crippen LogP contribution in [0.2, 0.25) is 0 Å². The van der Waals surface area contributed by atoms with Crippen molar-refractivity contribution in [3.63, 3.8) is 0 Å². The van der Waals surface area contributed by atoms with Gasteiger partial charge in [-0.05, 0) is 44.5 Å². The molecule has 26 heavy (non-hydrogen) atoms. The number of aryl methyl sites for hydroxylation is 1. The van der Waals surface area contributed by atoms with E-state index in [1.807, 2.05) is 18.2 Å². The molecule has 5 heteroatoms. The molecule has 5 nitrogen and oxygen atoms in total. The molecule has 1 N–H and O–H groups in total. The molecule has 0 spiro atoms. The Kier molecular flexibility index (Phi) is 4.47. The van der Waals surface area contributed by atoms with E-state index in [9.17, 15) is 9.90 Å². The summed E-state index contributed by atoms with van der Waals surface area (Å²) in [4.78, 5) is 18.5. The predicted octanol–water partition coefficient (Wildman–Crippen LogP) is 3.61. The number of benzene rings is 1. The summed E-state index contributed by atoms with van der Waals surface area (Å²) in [6.45, 7) is 4.48. The van der Waals surface area contributed by atoms with Gasteiger partial charge in [0.25, 0.3) is 0 Å². The maximum absolute atomic E-state index is 11.2. The standard InChI is InChI=1S/C21H23N3O2/c1-15-6-5-11-24-18(14-23-12-9-17(10-13-23)21(25)26)19(22-20(15)24)16-7-3-2-4-8-16/h2-8,11,17H,9-10,12-14H2,1H3,(H,25,26). The number of rotatable bonds is 4. The summed E-state index contributed by atoms with van der Waals surface area (Å²) in [5.41, 5.74) is 5.44. The zero-order valence-corrected chi connectivity index (χ0v) is 14.9. The van der Waals surface area contributed by atoms with Gasteiger partial charge in [-0.3, -0.25) is 9.69 Å². The summed E-state index contributed by atoms with van der Waals surface area (Å²) in [5, 5.41) is 9.21. The molecule has 1 saturated heterocycles. The Morgan fingerprint density at radius 1 is 1.15 bits per heavy atom. The van der Waals surface area contributed by atoms with Crippen LogP contribution >= 0.6 is 0 Å². The van der Waals surface area contributed by atoms with Crippen molar-refractivity contribution in [1.29, 1.82) is 0 Å². The highest BCUT2D eigenvalue weighted by Crippen LogP contribution is 2.28. The van der Waals surface area contributed by atoms with Crippen LogP contribution < -0.4 is 0 Å². The lowest BCUT2D eigenvalue weighted by molar-refractivity contribution is -0.143. The van der Waals surface area contributed by atoms with Crippen molar-refractivity contribution >= 4 is 11.6 Å². The largest absolute Gasteiger partial charge is 0.481 e. The third-order valence-electron chi connectivity index (χ3n) is 5.30. The van der Waals surface area contributed by atoms with Gasteiger partial charge in [-0.15, -0.1) is 0 Å². The minimum absolute atomic E-state index is 0.204. The molecule has 1 aliphatic heterocycles. The molecular formula is C21H23N3O2. The molecule has 2 aromatic heterocycles. The Hall–Kier alpha value is -2.66. The number of piperidine rings is 1. The average molecular weight is 349 g/mol. The zero-order chi connectivity index (χ0) is 18.1. The van der Waals surface area contributed by atoms with Crippen molar-refractivity contribution in [3.05, 3.63) is 59.9 Å². The number of aromatic nitrogens is 2. The second-order valence-corrected chi connectivity index (χ2v) is 7.05. The van der Waals surface area contributed by atoms with Crippen LogP contribution in [0.15, 0.2) is 48.7 Å². The van der Waals surface area contributed by atoms with Crippen molar-refractivity contribution in [3.8, 4) is 11.3 Å². The maximum Gasteiger partial charge on any atom is 0.306 e. The third kappa shape index (κ3) is 3.10. The quantitative estimate of drug-likeness (QED) is 0.782. The molecule has 0 saturated carbocycles. The fourth-order valence-corrected chi connectivity index (χ4v) is 3.78. The van der Waals surface area contributed by atoms with Crippen LogP contribution in [0.4, 0.5) is 0 Å². The third-order valence-corrected chi connectivity index (χ3v) is 5.30. The van der Waals surface area contributed by atoms with Crippen LogP contribution in [-0.2, 0) is 11.3 Å². The van der Waals surface area contributed by atoms with E-state index >= 15 is 0 Å². The molecule has 1 fully saturated rings. The molecule has 1 aliphatic rings. The summed E-state index contributed by atoms with van der Waals surface area (Å²) in [5.74, 6) is -0.871. The zero-order valence-electron chi connectivity index (χ0n) is 14.9. The number of carboxylic acid groups (broad SMARTS) is 1. The number of carboxylic acids is 1. The van der Waals surface area contributed by atoms with Crippen LogP contribution in [0.5, 0.6) is 0 Å². The highest BCUT2D eigenvalue weighted by Gasteiger charge is 2.26. The van der Waals surface area contributed by atoms with Gasteiger partial charge in [0.2, 0.25) is 0 Å². The van der Waals surface area contributed by atoms with E-state index in [1.54, 1.807) is 0 Å². The minimum Gasteiger partial charge on any atom is -0.481 e. The van der Waals surface area contributed by atoms with Gasteiger partial charge < -0.3 is 9.51 Å². The second kappa shape index (κ2) is 6.92. The highest BCUT2D eigenvalue weighted by molar-refractivity contribution is 5.70. The molecular weight excluding hydrogens is 326 g/mol. The second-order valence-electron chi connectivity index (χ2n) is 7.05. The van der Waals surface area contributed by atoms with Gasteiger partial charge in [0.15, 0.2) is 0 Å². The molecule has 0 amide bonds. The van der Waals surface area contributed by atoms with Crippen molar-refractivity contribution < 1.29 is 9.90 Å². The predicted molar refractivity (Wildman–Crippen MR) is 101 cm³/mol. The molecule has 0 atom stereocenters. The Labute approximate surface area is 152 Å². The van der Waals surface area contributed by atoms with E-state index in [0.717, 1.165) is 42.1 Å². The lowest BCUT2D eigenvalue weighted by Gasteiger charge is -2.30. The van der Waals surface area contributed by atoms with Crippen LogP contribution in [0, 0.1) is 12.8 Å². The van der Waals surface area contributed by atoms with Crippen LogP contribution in [0.25, 0.3) is 16.9 Å². The van der Waals surface area contributed by atoms with E-state index in [2.05, 4.69) is 46.7 Å². The van der Waals surface area contributed by atoms with E-state index in [-0.39, 0.29) is 5.92 Å². The maximum atomic E-state index is 11.2. The molecule has 4 rings (SSSR count). The molecule has 134 valence electrons. The number of imidazole rings is 1. The monoisotopic (exact) mass is 349 g/mol. The number of hydrogen-bond acceptors (Lipinski definition) is 3. The molecule has 1 aromatic carbocycles. The normalized spacial score (nSPS) is 16.2. The Morgan fingerprint density at radius 2 is 1.88 bits per heavy atom. The van der Waals surface area contributed by atoms with Crippen LogP contribution in [0.1, 0.15) is 24.1 Å². The van der Waals surface area contributed by atoms with E-state index in [4.69, 9.17) is 4.98 Å². The van der Waals surface area contributed by atoms with E-state index in [0.29, 0.717) is 12.8 Å². The first-order valence-corrected chi connectivity index (χ1v) is 9.10. The average Bonchev–Trinajstić information content (AvgIpc) is 3.03. The fraction of sp³-hybridized carbons (Fsp3) is 0.333. The van der Waals surface area contributed by atoms with Crippen LogP contribution in [-0.4, -0.2) is 38.4 Å². The Morgan fingerprint density at radius 3 is 2.58 bits per heavy atom.